The molecule has 0 saturated carbocycles. The number of rotatable bonds is 0. The molecule has 0 aliphatic carbocycles. The third-order valence-electron chi connectivity index (χ3n) is 0. The van der Waals surface area contributed by atoms with E-state index in [4.69, 9.17) is 6.75 Å². The van der Waals surface area contributed by atoms with E-state index in [9.17, 15) is 0 Å². The van der Waals surface area contributed by atoms with E-state index < -0.39 is 0 Å². The minimum absolute atomic E-state index is 0.1000. The standard InChI is InChI=1S/In.Ni.2O.H. The molecule has 0 aliphatic rings. The van der Waals surface area contributed by atoms with Gasteiger partial charge in [0.25, 0.3) is 0 Å². The fourth-order valence-electron chi connectivity index (χ4n) is 0. The monoisotopic (exact) mass is 206 g/mol. The van der Waals surface area contributed by atoms with Gasteiger partial charge in [0.05, 0.1) is 0 Å². The number of hydrogen-bond donors (Lipinski definition) is 0. The van der Waals surface area contributed by atoms with Crippen molar-refractivity contribution in [2.24, 2.45) is 0 Å². The summed E-state index contributed by atoms with van der Waals surface area (Å²) in [5.41, 5.74) is 0. The van der Waals surface area contributed by atoms with E-state index in [1.807, 2.05) is 0 Å². The van der Waals surface area contributed by atoms with E-state index in [-0.39, 0.29) is 24.4 Å². The molecule has 0 rings (SSSR count). The van der Waals surface area contributed by atoms with Crippen LogP contribution in [0.4, 0.5) is 0 Å². The zero-order valence-corrected chi connectivity index (χ0v) is 6.86. The first-order chi connectivity index (χ1) is 2.00. The zero-order valence-electron chi connectivity index (χ0n) is 1.84. The summed E-state index contributed by atoms with van der Waals surface area (Å²) in [6.07, 6.45) is 0. The van der Waals surface area contributed by atoms with Gasteiger partial charge in [-0.1, -0.05) is 0 Å². The summed E-state index contributed by atoms with van der Waals surface area (Å²) in [5.74, 6) is 0. The molecule has 0 aliphatic heterocycles. The molecule has 4 heavy (non-hydrogen) atoms. The first kappa shape index (κ1) is 8.88. The summed E-state index contributed by atoms with van der Waals surface area (Å²) < 4.78 is 16.3. The Labute approximate surface area is 46.5 Å². The van der Waals surface area contributed by atoms with Crippen LogP contribution in [0.5, 0.6) is 0 Å². The molecule has 0 aromatic heterocycles. The fourth-order valence-corrected chi connectivity index (χ4v) is 0. The van der Waals surface area contributed by atoms with Crippen molar-refractivity contribution in [2.75, 3.05) is 0 Å². The molecular formula is HInNiO2. The van der Waals surface area contributed by atoms with Gasteiger partial charge in [-0.25, -0.2) is 0 Å². The summed E-state index contributed by atoms with van der Waals surface area (Å²) in [6, 6.07) is 0. The second-order valence-corrected chi connectivity index (χ2v) is 0. The second-order valence-electron chi connectivity index (χ2n) is 0. The molecule has 0 aromatic rings. The molecule has 0 heterocycles. The van der Waals surface area contributed by atoms with Gasteiger partial charge in [-0.3, -0.25) is 0 Å². The van der Waals surface area contributed by atoms with Crippen molar-refractivity contribution in [1.82, 2.24) is 0 Å². The van der Waals surface area contributed by atoms with E-state index >= 15 is 0 Å². The van der Waals surface area contributed by atoms with Gasteiger partial charge in [0, 0.05) is 0 Å². The van der Waals surface area contributed by atoms with Gasteiger partial charge in [0.2, 0.25) is 0 Å². The summed E-state index contributed by atoms with van der Waals surface area (Å²) in [7, 11) is 0. The third-order valence-corrected chi connectivity index (χ3v) is 0. The van der Waals surface area contributed by atoms with Gasteiger partial charge < -0.3 is 0 Å². The van der Waals surface area contributed by atoms with E-state index in [0.717, 1.165) is 0 Å². The van der Waals surface area contributed by atoms with Crippen molar-refractivity contribution >= 4 is 24.4 Å². The van der Waals surface area contributed by atoms with Gasteiger partial charge in [-0.15, -0.1) is 0 Å². The second kappa shape index (κ2) is 37.5. The van der Waals surface area contributed by atoms with Crippen LogP contribution in [0.1, 0.15) is 0 Å². The quantitative estimate of drug-likeness (QED) is 0.482. The average Bonchev–Trinajstić information content (AvgIpc) is 1.50. The van der Waals surface area contributed by atoms with Crippen molar-refractivity contribution in [3.63, 3.8) is 0 Å². The van der Waals surface area contributed by atoms with Crippen LogP contribution in [0.3, 0.4) is 0 Å². The Balaban J connectivity index is 0. The predicted molar refractivity (Wildman–Crippen MR) is 8.52 cm³/mol. The maximum absolute atomic E-state index is 8.42. The van der Waals surface area contributed by atoms with Gasteiger partial charge in [-0.05, 0) is 0 Å². The molecule has 0 radical (unpaired) electrons. The molecule has 4 heteroatoms. The van der Waals surface area contributed by atoms with Crippen LogP contribution >= 0.6 is 0 Å². The van der Waals surface area contributed by atoms with Crippen molar-refractivity contribution < 1.29 is 22.1 Å². The molecule has 0 amide bonds. The van der Waals surface area contributed by atoms with Crippen molar-refractivity contribution in [3.8, 4) is 0 Å². The SMILES string of the molecule is [O]=[InH].[O]=[Ni]. The molecule has 0 fully saturated rings. The first-order valence-electron chi connectivity index (χ1n) is 0.418. The molecule has 2 nitrogen and oxygen atoms in total. The molecule has 0 bridgehead atoms. The summed E-state index contributed by atoms with van der Waals surface area (Å²) in [6.45, 7) is 0. The van der Waals surface area contributed by atoms with E-state index in [0.29, 0.717) is 0 Å². The van der Waals surface area contributed by atoms with Crippen LogP contribution in [0.15, 0.2) is 0 Å². The van der Waals surface area contributed by atoms with Gasteiger partial charge in [-0.2, -0.15) is 0 Å². The van der Waals surface area contributed by atoms with Crippen LogP contribution in [-0.2, 0) is 22.1 Å². The Morgan fingerprint density at radius 1 is 1.25 bits per heavy atom. The molecule has 0 spiro atoms. The average molecular weight is 207 g/mol. The molecule has 0 N–H and O–H groups in total. The van der Waals surface area contributed by atoms with Crippen molar-refractivity contribution in [3.05, 3.63) is 0 Å². The van der Waals surface area contributed by atoms with E-state index in [1.54, 1.807) is 0 Å². The number of hydrogen-bond acceptors (Lipinski definition) is 2. The molecule has 0 atom stereocenters. The Bertz CT molecular complexity index is 8.00. The first-order valence-corrected chi connectivity index (χ1v) is 2.47. The Hall–Kier alpha value is 0.964. The molecule has 0 saturated heterocycles. The Kier molecular flexibility index (Phi) is 83.2. The summed E-state index contributed by atoms with van der Waals surface area (Å²) >= 11 is 2.53. The van der Waals surface area contributed by atoms with Crippen LogP contribution in [0, 0.1) is 0 Å². The Morgan fingerprint density at radius 3 is 1.25 bits per heavy atom. The van der Waals surface area contributed by atoms with Gasteiger partial charge in [0.15, 0.2) is 0 Å². The fraction of sp³-hybridized carbons (Fsp3) is 0. The van der Waals surface area contributed by atoms with Gasteiger partial charge >= 0.3 is 46.5 Å². The molecule has 0 unspecified atom stereocenters. The molecule has 0 aromatic carbocycles. The van der Waals surface area contributed by atoms with Crippen molar-refractivity contribution in [1.29, 1.82) is 0 Å². The minimum atomic E-state index is -0.1000. The van der Waals surface area contributed by atoms with Crippen molar-refractivity contribution in [2.45, 2.75) is 0 Å². The van der Waals surface area contributed by atoms with E-state index in [1.165, 1.54) is 0 Å². The molecule has 26 valence electrons. The zero-order chi connectivity index (χ0) is 4.00. The maximum atomic E-state index is 8.42. The summed E-state index contributed by atoms with van der Waals surface area (Å²) in [4.78, 5) is 0. The predicted octanol–water partition coefficient (Wildman–Crippen LogP) is -0.889. The molecular weight excluding hydrogens is 206 g/mol. The van der Waals surface area contributed by atoms with E-state index in [2.05, 4.69) is 15.4 Å². The van der Waals surface area contributed by atoms with Crippen LogP contribution in [0.2, 0.25) is 0 Å². The summed E-state index contributed by atoms with van der Waals surface area (Å²) in [5, 5.41) is 0. The third kappa shape index (κ3) is 12.3. The van der Waals surface area contributed by atoms with Crippen LogP contribution in [-0.4, -0.2) is 24.4 Å². The van der Waals surface area contributed by atoms with Gasteiger partial charge in [0.1, 0.15) is 0 Å². The topological polar surface area (TPSA) is 34.1 Å². The Morgan fingerprint density at radius 2 is 1.25 bits per heavy atom. The normalized spacial score (nSPS) is 2.25. The van der Waals surface area contributed by atoms with Crippen LogP contribution in [0.25, 0.3) is 0 Å². The van der Waals surface area contributed by atoms with Crippen LogP contribution < -0.4 is 0 Å².